The van der Waals surface area contributed by atoms with Crippen LogP contribution in [0, 0.1) is 0 Å². The molecule has 0 saturated carbocycles. The van der Waals surface area contributed by atoms with Crippen molar-refractivity contribution < 1.29 is 4.74 Å². The van der Waals surface area contributed by atoms with Gasteiger partial charge in [0, 0.05) is 23.4 Å². The van der Waals surface area contributed by atoms with Gasteiger partial charge in [-0.1, -0.05) is 6.92 Å². The van der Waals surface area contributed by atoms with Crippen molar-refractivity contribution in [3.8, 4) is 5.75 Å². The second-order valence-corrected chi connectivity index (χ2v) is 4.77. The average Bonchev–Trinajstić information content (AvgIpc) is 2.56. The van der Waals surface area contributed by atoms with Crippen LogP contribution in [0.15, 0.2) is 18.5 Å². The molecule has 1 aromatic rings. The third kappa shape index (κ3) is 1.97. The van der Waals surface area contributed by atoms with E-state index in [1.165, 1.54) is 5.56 Å². The molecule has 82 valence electrons. The van der Waals surface area contributed by atoms with Gasteiger partial charge < -0.3 is 9.64 Å². The Morgan fingerprint density at radius 3 is 3.07 bits per heavy atom. The summed E-state index contributed by atoms with van der Waals surface area (Å²) in [6.07, 6.45) is 4.84. The summed E-state index contributed by atoms with van der Waals surface area (Å²) in [6, 6.07) is 1.95. The minimum atomic E-state index is 0.133. The molecular weight excluding hydrogens is 188 g/mol. The van der Waals surface area contributed by atoms with Gasteiger partial charge in [-0.05, 0) is 33.1 Å². The SMILES string of the molecule is CN(C)CCC1(C)COc2ccncc21. The van der Waals surface area contributed by atoms with Gasteiger partial charge in [0.05, 0.1) is 6.61 Å². The molecule has 0 bridgehead atoms. The molecule has 1 atom stereocenters. The van der Waals surface area contributed by atoms with Crippen molar-refractivity contribution in [1.29, 1.82) is 0 Å². The van der Waals surface area contributed by atoms with Crippen LogP contribution in [-0.2, 0) is 5.41 Å². The maximum absolute atomic E-state index is 5.69. The van der Waals surface area contributed by atoms with Gasteiger partial charge in [0.1, 0.15) is 5.75 Å². The molecule has 1 aromatic heterocycles. The van der Waals surface area contributed by atoms with E-state index in [2.05, 4.69) is 30.9 Å². The molecule has 0 aromatic carbocycles. The topological polar surface area (TPSA) is 25.4 Å². The molecule has 15 heavy (non-hydrogen) atoms. The molecule has 0 radical (unpaired) electrons. The second kappa shape index (κ2) is 3.81. The number of ether oxygens (including phenoxy) is 1. The molecule has 3 heteroatoms. The van der Waals surface area contributed by atoms with E-state index in [0.717, 1.165) is 25.3 Å². The van der Waals surface area contributed by atoms with Crippen molar-refractivity contribution in [2.75, 3.05) is 27.2 Å². The van der Waals surface area contributed by atoms with Crippen LogP contribution >= 0.6 is 0 Å². The molecule has 3 nitrogen and oxygen atoms in total. The van der Waals surface area contributed by atoms with E-state index in [-0.39, 0.29) is 5.41 Å². The van der Waals surface area contributed by atoms with Gasteiger partial charge in [-0.3, -0.25) is 4.98 Å². The maximum Gasteiger partial charge on any atom is 0.126 e. The van der Waals surface area contributed by atoms with Crippen LogP contribution in [0.4, 0.5) is 0 Å². The Labute approximate surface area is 91.1 Å². The van der Waals surface area contributed by atoms with Gasteiger partial charge in [-0.15, -0.1) is 0 Å². The largest absolute Gasteiger partial charge is 0.492 e. The van der Waals surface area contributed by atoms with Gasteiger partial charge in [-0.25, -0.2) is 0 Å². The van der Waals surface area contributed by atoms with E-state index in [1.807, 2.05) is 12.3 Å². The summed E-state index contributed by atoms with van der Waals surface area (Å²) in [6.45, 7) is 4.11. The summed E-state index contributed by atoms with van der Waals surface area (Å²) in [5, 5.41) is 0. The molecule has 1 unspecified atom stereocenters. The third-order valence-corrected chi connectivity index (χ3v) is 3.09. The fourth-order valence-corrected chi connectivity index (χ4v) is 1.95. The Morgan fingerprint density at radius 1 is 1.53 bits per heavy atom. The van der Waals surface area contributed by atoms with Gasteiger partial charge in [0.25, 0.3) is 0 Å². The zero-order valence-electron chi connectivity index (χ0n) is 9.66. The molecular formula is C12H18N2O. The lowest BCUT2D eigenvalue weighted by Gasteiger charge is -2.24. The number of rotatable bonds is 3. The average molecular weight is 206 g/mol. The lowest BCUT2D eigenvalue weighted by Crippen LogP contribution is -2.29. The predicted molar refractivity (Wildman–Crippen MR) is 60.3 cm³/mol. The third-order valence-electron chi connectivity index (χ3n) is 3.09. The maximum atomic E-state index is 5.69. The van der Waals surface area contributed by atoms with E-state index < -0.39 is 0 Å². The Kier molecular flexibility index (Phi) is 2.65. The quantitative estimate of drug-likeness (QED) is 0.752. The molecule has 0 spiro atoms. The monoisotopic (exact) mass is 206 g/mol. The molecule has 1 aliphatic rings. The normalized spacial score (nSPS) is 24.0. The van der Waals surface area contributed by atoms with Crippen molar-refractivity contribution in [1.82, 2.24) is 9.88 Å². The summed E-state index contributed by atoms with van der Waals surface area (Å²) >= 11 is 0. The van der Waals surface area contributed by atoms with E-state index in [1.54, 1.807) is 6.20 Å². The van der Waals surface area contributed by atoms with Crippen LogP contribution in [-0.4, -0.2) is 37.1 Å². The predicted octanol–water partition coefficient (Wildman–Crippen LogP) is 1.68. The van der Waals surface area contributed by atoms with Crippen LogP contribution in [0.2, 0.25) is 0 Å². The van der Waals surface area contributed by atoms with Crippen LogP contribution in [0.3, 0.4) is 0 Å². The molecule has 1 aliphatic heterocycles. The van der Waals surface area contributed by atoms with Crippen molar-refractivity contribution in [2.45, 2.75) is 18.8 Å². The van der Waals surface area contributed by atoms with Crippen molar-refractivity contribution in [3.63, 3.8) is 0 Å². The number of hydrogen-bond acceptors (Lipinski definition) is 3. The summed E-state index contributed by atoms with van der Waals surface area (Å²) in [7, 11) is 4.20. The van der Waals surface area contributed by atoms with Crippen molar-refractivity contribution in [3.05, 3.63) is 24.0 Å². The Hall–Kier alpha value is -1.09. The summed E-state index contributed by atoms with van der Waals surface area (Å²) in [5.74, 6) is 1.01. The van der Waals surface area contributed by atoms with Gasteiger partial charge in [-0.2, -0.15) is 0 Å². The highest BCUT2D eigenvalue weighted by atomic mass is 16.5. The number of aromatic nitrogens is 1. The molecule has 0 saturated heterocycles. The van der Waals surface area contributed by atoms with Crippen LogP contribution in [0.5, 0.6) is 5.75 Å². The number of fused-ring (bicyclic) bond motifs is 1. The summed E-state index contributed by atoms with van der Waals surface area (Å²) in [4.78, 5) is 6.39. The highest BCUT2D eigenvalue weighted by Crippen LogP contribution is 2.39. The zero-order valence-corrected chi connectivity index (χ0v) is 9.66. The first-order valence-corrected chi connectivity index (χ1v) is 5.34. The zero-order chi connectivity index (χ0) is 10.9. The summed E-state index contributed by atoms with van der Waals surface area (Å²) in [5.41, 5.74) is 1.39. The van der Waals surface area contributed by atoms with Crippen LogP contribution in [0.25, 0.3) is 0 Å². The number of nitrogens with zero attached hydrogens (tertiary/aromatic N) is 2. The minimum absolute atomic E-state index is 0.133. The van der Waals surface area contributed by atoms with E-state index in [9.17, 15) is 0 Å². The number of pyridine rings is 1. The lowest BCUT2D eigenvalue weighted by molar-refractivity contribution is 0.247. The smallest absolute Gasteiger partial charge is 0.126 e. The Balaban J connectivity index is 2.17. The first-order valence-electron chi connectivity index (χ1n) is 5.34. The first kappa shape index (κ1) is 10.4. The molecule has 2 heterocycles. The molecule has 0 N–H and O–H groups in total. The molecule has 0 amide bonds. The molecule has 0 fully saturated rings. The van der Waals surface area contributed by atoms with Gasteiger partial charge in [0.15, 0.2) is 0 Å². The summed E-state index contributed by atoms with van der Waals surface area (Å²) < 4.78 is 5.69. The van der Waals surface area contributed by atoms with E-state index >= 15 is 0 Å². The van der Waals surface area contributed by atoms with Crippen molar-refractivity contribution in [2.24, 2.45) is 0 Å². The fraction of sp³-hybridized carbons (Fsp3) is 0.583. The highest BCUT2D eigenvalue weighted by Gasteiger charge is 2.36. The Bertz CT molecular complexity index is 351. The van der Waals surface area contributed by atoms with E-state index in [4.69, 9.17) is 4.74 Å². The van der Waals surface area contributed by atoms with Crippen molar-refractivity contribution >= 4 is 0 Å². The number of hydrogen-bond donors (Lipinski definition) is 0. The lowest BCUT2D eigenvalue weighted by atomic mass is 9.82. The minimum Gasteiger partial charge on any atom is -0.492 e. The fourth-order valence-electron chi connectivity index (χ4n) is 1.95. The standard InChI is InChI=1S/C12H18N2O/c1-12(5-7-14(2)3)9-15-11-4-6-13-8-10(11)12/h4,6,8H,5,7,9H2,1-3H3. The van der Waals surface area contributed by atoms with E-state index in [0.29, 0.717) is 0 Å². The highest BCUT2D eigenvalue weighted by molar-refractivity contribution is 5.40. The van der Waals surface area contributed by atoms with Gasteiger partial charge >= 0.3 is 0 Å². The molecule has 0 aliphatic carbocycles. The Morgan fingerprint density at radius 2 is 2.33 bits per heavy atom. The van der Waals surface area contributed by atoms with Crippen LogP contribution in [0.1, 0.15) is 18.9 Å². The second-order valence-electron chi connectivity index (χ2n) is 4.77. The van der Waals surface area contributed by atoms with Gasteiger partial charge in [0.2, 0.25) is 0 Å². The van der Waals surface area contributed by atoms with Crippen LogP contribution < -0.4 is 4.74 Å². The molecule has 2 rings (SSSR count). The first-order chi connectivity index (χ1) is 7.12.